The third-order valence-electron chi connectivity index (χ3n) is 2.44. The van der Waals surface area contributed by atoms with E-state index in [0.29, 0.717) is 18.9 Å². The number of carbonyl (C=O) groups is 1. The molecule has 0 bridgehead atoms. The average Bonchev–Trinajstić information content (AvgIpc) is 2.88. The van der Waals surface area contributed by atoms with Crippen LogP contribution in [0.4, 0.5) is 0 Å². The topological polar surface area (TPSA) is 69.0 Å². The van der Waals surface area contributed by atoms with Crippen LogP contribution in [-0.4, -0.2) is 39.6 Å². The number of amides is 1. The Morgan fingerprint density at radius 3 is 2.90 bits per heavy atom. The summed E-state index contributed by atoms with van der Waals surface area (Å²) in [6.07, 6.45) is 1.61. The quantitative estimate of drug-likeness (QED) is 0.611. The first-order valence-corrected chi connectivity index (χ1v) is 7.15. The van der Waals surface area contributed by atoms with Crippen LogP contribution in [0.1, 0.15) is 0 Å². The molecule has 0 atom stereocenters. The van der Waals surface area contributed by atoms with Gasteiger partial charge in [0.1, 0.15) is 18.7 Å². The number of aryl methyl sites for hydroxylation is 1. The monoisotopic (exact) mass is 292 g/mol. The van der Waals surface area contributed by atoms with Crippen molar-refractivity contribution in [3.63, 3.8) is 0 Å². The molecule has 0 radical (unpaired) electrons. The molecule has 1 amide bonds. The third kappa shape index (κ3) is 4.58. The number of ether oxygens (including phenoxy) is 1. The van der Waals surface area contributed by atoms with E-state index in [1.54, 1.807) is 10.9 Å². The van der Waals surface area contributed by atoms with Crippen LogP contribution in [0.3, 0.4) is 0 Å². The van der Waals surface area contributed by atoms with Crippen LogP contribution < -0.4 is 10.1 Å². The van der Waals surface area contributed by atoms with E-state index in [0.717, 1.165) is 10.9 Å². The maximum Gasteiger partial charge on any atom is 0.230 e. The van der Waals surface area contributed by atoms with Crippen molar-refractivity contribution < 1.29 is 9.53 Å². The molecule has 1 aromatic carbocycles. The van der Waals surface area contributed by atoms with Gasteiger partial charge in [0.15, 0.2) is 5.16 Å². The second kappa shape index (κ2) is 7.54. The van der Waals surface area contributed by atoms with Gasteiger partial charge in [0, 0.05) is 7.05 Å². The van der Waals surface area contributed by atoms with Gasteiger partial charge >= 0.3 is 0 Å². The highest BCUT2D eigenvalue weighted by molar-refractivity contribution is 7.99. The molecular weight excluding hydrogens is 276 g/mol. The Kier molecular flexibility index (Phi) is 5.43. The van der Waals surface area contributed by atoms with Gasteiger partial charge in [0.2, 0.25) is 5.91 Å². The Balaban J connectivity index is 1.60. The lowest BCUT2D eigenvalue weighted by atomic mass is 10.3. The summed E-state index contributed by atoms with van der Waals surface area (Å²) in [7, 11) is 1.84. The van der Waals surface area contributed by atoms with Crippen molar-refractivity contribution in [3.8, 4) is 5.75 Å². The normalized spacial score (nSPS) is 10.2. The molecule has 106 valence electrons. The maximum absolute atomic E-state index is 11.6. The Bertz CT molecular complexity index is 544. The highest BCUT2D eigenvalue weighted by Crippen LogP contribution is 2.12. The summed E-state index contributed by atoms with van der Waals surface area (Å²) in [5.74, 6) is 1.07. The number of carbonyl (C=O) groups excluding carboxylic acids is 1. The van der Waals surface area contributed by atoms with Gasteiger partial charge in [-0.15, -0.1) is 10.2 Å². The molecule has 1 aromatic heterocycles. The van der Waals surface area contributed by atoms with E-state index in [4.69, 9.17) is 4.74 Å². The molecule has 0 saturated carbocycles. The molecule has 0 aliphatic rings. The first-order valence-electron chi connectivity index (χ1n) is 6.17. The van der Waals surface area contributed by atoms with E-state index in [1.807, 2.05) is 37.4 Å². The number of aromatic nitrogens is 3. The predicted molar refractivity (Wildman–Crippen MR) is 76.7 cm³/mol. The Morgan fingerprint density at radius 2 is 2.20 bits per heavy atom. The molecule has 6 nitrogen and oxygen atoms in total. The zero-order valence-electron chi connectivity index (χ0n) is 11.2. The summed E-state index contributed by atoms with van der Waals surface area (Å²) in [5.41, 5.74) is 0. The van der Waals surface area contributed by atoms with Gasteiger partial charge in [-0.2, -0.15) is 0 Å². The molecule has 0 fully saturated rings. The first kappa shape index (κ1) is 14.4. The van der Waals surface area contributed by atoms with Gasteiger partial charge in [-0.1, -0.05) is 30.0 Å². The van der Waals surface area contributed by atoms with Crippen molar-refractivity contribution in [1.29, 1.82) is 0 Å². The SMILES string of the molecule is Cn1cnnc1SCC(=O)NCCOc1ccccc1. The van der Waals surface area contributed by atoms with Crippen molar-refractivity contribution in [1.82, 2.24) is 20.1 Å². The standard InChI is InChI=1S/C13H16N4O2S/c1-17-10-15-16-13(17)20-9-12(18)14-7-8-19-11-5-3-2-4-6-11/h2-6,10H,7-9H2,1H3,(H,14,18). The Hall–Kier alpha value is -2.02. The average molecular weight is 292 g/mol. The third-order valence-corrected chi connectivity index (χ3v) is 3.47. The molecule has 20 heavy (non-hydrogen) atoms. The van der Waals surface area contributed by atoms with Crippen LogP contribution in [0.15, 0.2) is 41.8 Å². The van der Waals surface area contributed by atoms with Gasteiger partial charge in [-0.3, -0.25) is 4.79 Å². The lowest BCUT2D eigenvalue weighted by Gasteiger charge is -2.07. The van der Waals surface area contributed by atoms with E-state index in [1.165, 1.54) is 11.8 Å². The Morgan fingerprint density at radius 1 is 1.40 bits per heavy atom. The van der Waals surface area contributed by atoms with Crippen LogP contribution in [-0.2, 0) is 11.8 Å². The van der Waals surface area contributed by atoms with Gasteiger partial charge in [-0.25, -0.2) is 0 Å². The minimum Gasteiger partial charge on any atom is -0.492 e. The van der Waals surface area contributed by atoms with E-state index in [2.05, 4.69) is 15.5 Å². The van der Waals surface area contributed by atoms with Crippen LogP contribution in [0.2, 0.25) is 0 Å². The summed E-state index contributed by atoms with van der Waals surface area (Å²) in [4.78, 5) is 11.6. The number of hydrogen-bond donors (Lipinski definition) is 1. The molecule has 0 aliphatic carbocycles. The zero-order chi connectivity index (χ0) is 14.2. The molecule has 0 spiro atoms. The van der Waals surface area contributed by atoms with Crippen molar-refractivity contribution in [2.45, 2.75) is 5.16 Å². The van der Waals surface area contributed by atoms with Crippen LogP contribution in [0, 0.1) is 0 Å². The summed E-state index contributed by atoms with van der Waals surface area (Å²) in [6, 6.07) is 9.51. The minimum absolute atomic E-state index is 0.0466. The second-order valence-corrected chi connectivity index (χ2v) is 4.97. The van der Waals surface area contributed by atoms with Crippen LogP contribution >= 0.6 is 11.8 Å². The maximum atomic E-state index is 11.6. The summed E-state index contributed by atoms with van der Waals surface area (Å²) in [5, 5.41) is 11.2. The predicted octanol–water partition coefficient (Wildman–Crippen LogP) is 1.10. The number of thioether (sulfide) groups is 1. The summed E-state index contributed by atoms with van der Waals surface area (Å²) in [6.45, 7) is 0.928. The number of benzene rings is 1. The molecule has 2 aromatic rings. The van der Waals surface area contributed by atoms with Crippen molar-refractivity contribution >= 4 is 17.7 Å². The molecule has 0 saturated heterocycles. The van der Waals surface area contributed by atoms with E-state index in [-0.39, 0.29) is 5.91 Å². The van der Waals surface area contributed by atoms with Crippen molar-refractivity contribution in [2.75, 3.05) is 18.9 Å². The number of hydrogen-bond acceptors (Lipinski definition) is 5. The Labute approximate surface area is 121 Å². The molecule has 0 aliphatic heterocycles. The molecular formula is C13H16N4O2S. The molecule has 2 rings (SSSR count). The largest absolute Gasteiger partial charge is 0.492 e. The lowest BCUT2D eigenvalue weighted by Crippen LogP contribution is -2.29. The molecule has 1 heterocycles. The number of nitrogens with one attached hydrogen (secondary N) is 1. The molecule has 0 unspecified atom stereocenters. The van der Waals surface area contributed by atoms with E-state index in [9.17, 15) is 4.79 Å². The minimum atomic E-state index is -0.0466. The molecule has 7 heteroatoms. The number of para-hydroxylation sites is 1. The van der Waals surface area contributed by atoms with Crippen LogP contribution in [0.25, 0.3) is 0 Å². The zero-order valence-corrected chi connectivity index (χ0v) is 12.0. The first-order chi connectivity index (χ1) is 9.75. The van der Waals surface area contributed by atoms with Crippen LogP contribution in [0.5, 0.6) is 5.75 Å². The number of rotatable bonds is 7. The lowest BCUT2D eigenvalue weighted by molar-refractivity contribution is -0.118. The fourth-order valence-corrected chi connectivity index (χ4v) is 2.18. The highest BCUT2D eigenvalue weighted by Gasteiger charge is 2.06. The fourth-order valence-electron chi connectivity index (χ4n) is 1.46. The highest BCUT2D eigenvalue weighted by atomic mass is 32.2. The molecule has 1 N–H and O–H groups in total. The van der Waals surface area contributed by atoms with Gasteiger partial charge < -0.3 is 14.6 Å². The second-order valence-electron chi connectivity index (χ2n) is 4.02. The summed E-state index contributed by atoms with van der Waals surface area (Å²) < 4.78 is 7.25. The fraction of sp³-hybridized carbons (Fsp3) is 0.308. The van der Waals surface area contributed by atoms with Gasteiger partial charge in [0.25, 0.3) is 0 Å². The number of nitrogens with zero attached hydrogens (tertiary/aromatic N) is 3. The summed E-state index contributed by atoms with van der Waals surface area (Å²) >= 11 is 1.35. The van der Waals surface area contributed by atoms with Gasteiger partial charge in [0.05, 0.1) is 12.3 Å². The van der Waals surface area contributed by atoms with Gasteiger partial charge in [-0.05, 0) is 12.1 Å². The van der Waals surface area contributed by atoms with Crippen molar-refractivity contribution in [3.05, 3.63) is 36.7 Å². The smallest absolute Gasteiger partial charge is 0.230 e. The van der Waals surface area contributed by atoms with Crippen molar-refractivity contribution in [2.24, 2.45) is 7.05 Å². The van der Waals surface area contributed by atoms with E-state index >= 15 is 0 Å². The van der Waals surface area contributed by atoms with E-state index < -0.39 is 0 Å².